The Balaban J connectivity index is 0.000000173. The maximum Gasteiger partial charge on any atom is 0.160 e. The summed E-state index contributed by atoms with van der Waals surface area (Å²) < 4.78 is 17.6. The van der Waals surface area contributed by atoms with Crippen LogP contribution in [0.1, 0.15) is 38.5 Å². The number of aromatic hydroxyl groups is 1. The van der Waals surface area contributed by atoms with Crippen LogP contribution in [0.2, 0.25) is 0 Å². The smallest absolute Gasteiger partial charge is 0.160 e. The number of phenolic OH excluding ortho intramolecular Hbond substituents is 1. The van der Waals surface area contributed by atoms with Crippen molar-refractivity contribution in [3.05, 3.63) is 28.7 Å². The summed E-state index contributed by atoms with van der Waals surface area (Å²) in [6.45, 7) is 1.69. The molecule has 2 saturated heterocycles. The Morgan fingerprint density at radius 3 is 1.81 bits per heavy atom. The number of hydrogen-bond donors (Lipinski definition) is 1. The van der Waals surface area contributed by atoms with Crippen molar-refractivity contribution in [3.8, 4) is 5.75 Å². The molecule has 1 aromatic rings. The first kappa shape index (κ1) is 16.7. The molecule has 0 aromatic heterocycles. The van der Waals surface area contributed by atoms with E-state index in [4.69, 9.17) is 19.3 Å². The van der Waals surface area contributed by atoms with Crippen molar-refractivity contribution in [2.45, 2.75) is 51.1 Å². The highest BCUT2D eigenvalue weighted by Crippen LogP contribution is 2.20. The fourth-order valence-corrected chi connectivity index (χ4v) is 2.51. The van der Waals surface area contributed by atoms with Crippen LogP contribution in [-0.4, -0.2) is 30.9 Å². The summed E-state index contributed by atoms with van der Waals surface area (Å²) in [6.07, 6.45) is 6.83. The first-order chi connectivity index (χ1) is 10.2. The Morgan fingerprint density at radius 2 is 1.43 bits per heavy atom. The molecule has 2 fully saturated rings. The average molecular weight is 359 g/mol. The van der Waals surface area contributed by atoms with Crippen LogP contribution in [0.5, 0.6) is 5.75 Å². The highest BCUT2D eigenvalue weighted by molar-refractivity contribution is 9.10. The van der Waals surface area contributed by atoms with Gasteiger partial charge in [-0.2, -0.15) is 0 Å². The van der Waals surface area contributed by atoms with E-state index in [1.54, 1.807) is 24.3 Å². The fraction of sp³-hybridized carbons (Fsp3) is 0.625. The lowest BCUT2D eigenvalue weighted by molar-refractivity contribution is -0.264. The van der Waals surface area contributed by atoms with Crippen LogP contribution in [0.25, 0.3) is 0 Å². The molecular formula is C16H23BrO4. The van der Waals surface area contributed by atoms with Gasteiger partial charge in [-0.15, -0.1) is 0 Å². The van der Waals surface area contributed by atoms with E-state index < -0.39 is 0 Å². The normalized spacial score (nSPS) is 25.8. The SMILES string of the molecule is C1CCC(OC2CCCCO2)OC1.Oc1ccc(Br)cc1. The molecule has 2 unspecified atom stereocenters. The summed E-state index contributed by atoms with van der Waals surface area (Å²) in [7, 11) is 0. The van der Waals surface area contributed by atoms with E-state index in [9.17, 15) is 0 Å². The van der Waals surface area contributed by atoms with Gasteiger partial charge >= 0.3 is 0 Å². The van der Waals surface area contributed by atoms with Crippen molar-refractivity contribution >= 4 is 15.9 Å². The summed E-state index contributed by atoms with van der Waals surface area (Å²) in [6, 6.07) is 6.83. The number of hydrogen-bond acceptors (Lipinski definition) is 4. The molecule has 1 N–H and O–H groups in total. The van der Waals surface area contributed by atoms with Crippen LogP contribution in [0.3, 0.4) is 0 Å². The molecule has 2 aliphatic heterocycles. The molecule has 2 heterocycles. The number of ether oxygens (including phenoxy) is 3. The summed E-state index contributed by atoms with van der Waals surface area (Å²) in [4.78, 5) is 0. The van der Waals surface area contributed by atoms with Crippen molar-refractivity contribution in [2.24, 2.45) is 0 Å². The second-order valence-electron chi connectivity index (χ2n) is 5.20. The molecule has 21 heavy (non-hydrogen) atoms. The molecule has 4 nitrogen and oxygen atoms in total. The van der Waals surface area contributed by atoms with Gasteiger partial charge in [-0.05, 0) is 62.8 Å². The topological polar surface area (TPSA) is 47.9 Å². The standard InChI is InChI=1S/C10H18O3.C6H5BrO/c1-3-7-11-9(5-1)13-10-6-2-4-8-12-10;7-5-1-3-6(8)4-2-5/h9-10H,1-8H2;1-4,8H. The Labute approximate surface area is 134 Å². The van der Waals surface area contributed by atoms with Gasteiger partial charge in [0.2, 0.25) is 0 Å². The van der Waals surface area contributed by atoms with Crippen molar-refractivity contribution in [3.63, 3.8) is 0 Å². The highest BCUT2D eigenvalue weighted by atomic mass is 79.9. The Hall–Kier alpha value is -0.620. The van der Waals surface area contributed by atoms with Gasteiger partial charge in [0.25, 0.3) is 0 Å². The van der Waals surface area contributed by atoms with Gasteiger partial charge < -0.3 is 19.3 Å². The van der Waals surface area contributed by atoms with Crippen LogP contribution in [0.15, 0.2) is 28.7 Å². The van der Waals surface area contributed by atoms with Gasteiger partial charge in [-0.3, -0.25) is 0 Å². The van der Waals surface area contributed by atoms with Crippen molar-refractivity contribution in [1.29, 1.82) is 0 Å². The van der Waals surface area contributed by atoms with E-state index in [-0.39, 0.29) is 12.6 Å². The maximum atomic E-state index is 8.74. The molecule has 0 amide bonds. The molecular weight excluding hydrogens is 336 g/mol. The fourth-order valence-electron chi connectivity index (χ4n) is 2.25. The Kier molecular flexibility index (Phi) is 7.50. The predicted octanol–water partition coefficient (Wildman–Crippen LogP) is 4.21. The minimum atomic E-state index is -0.00292. The van der Waals surface area contributed by atoms with Crippen LogP contribution < -0.4 is 0 Å². The van der Waals surface area contributed by atoms with E-state index >= 15 is 0 Å². The Morgan fingerprint density at radius 1 is 0.905 bits per heavy atom. The van der Waals surface area contributed by atoms with E-state index in [0.717, 1.165) is 30.5 Å². The third-order valence-corrected chi connectivity index (χ3v) is 3.93. The van der Waals surface area contributed by atoms with E-state index in [1.165, 1.54) is 25.7 Å². The van der Waals surface area contributed by atoms with Crippen molar-refractivity contribution < 1.29 is 19.3 Å². The van der Waals surface area contributed by atoms with Gasteiger partial charge in [-0.1, -0.05) is 15.9 Å². The molecule has 0 aliphatic carbocycles. The second kappa shape index (κ2) is 9.41. The molecule has 0 spiro atoms. The molecule has 2 atom stereocenters. The van der Waals surface area contributed by atoms with Gasteiger partial charge in [0.05, 0.1) is 0 Å². The van der Waals surface area contributed by atoms with Crippen LogP contribution in [-0.2, 0) is 14.2 Å². The minimum Gasteiger partial charge on any atom is -0.508 e. The van der Waals surface area contributed by atoms with E-state index in [2.05, 4.69) is 15.9 Å². The zero-order chi connectivity index (χ0) is 14.9. The van der Waals surface area contributed by atoms with E-state index in [0.29, 0.717) is 5.75 Å². The molecule has 2 aliphatic rings. The maximum absolute atomic E-state index is 8.74. The van der Waals surface area contributed by atoms with Crippen LogP contribution >= 0.6 is 15.9 Å². The van der Waals surface area contributed by atoms with Gasteiger partial charge in [0.15, 0.2) is 12.6 Å². The molecule has 0 bridgehead atoms. The summed E-state index contributed by atoms with van der Waals surface area (Å²) in [5.41, 5.74) is 0. The number of halogens is 1. The molecule has 1 aromatic carbocycles. The number of phenols is 1. The third kappa shape index (κ3) is 6.78. The third-order valence-electron chi connectivity index (χ3n) is 3.41. The quantitative estimate of drug-likeness (QED) is 0.859. The first-order valence-corrected chi connectivity index (χ1v) is 8.36. The number of benzene rings is 1. The molecule has 3 rings (SSSR count). The first-order valence-electron chi connectivity index (χ1n) is 7.57. The molecule has 5 heteroatoms. The lowest BCUT2D eigenvalue weighted by Gasteiger charge is -2.29. The van der Waals surface area contributed by atoms with Gasteiger partial charge in [-0.25, -0.2) is 0 Å². The lowest BCUT2D eigenvalue weighted by Crippen LogP contribution is -2.31. The van der Waals surface area contributed by atoms with Crippen LogP contribution in [0, 0.1) is 0 Å². The van der Waals surface area contributed by atoms with Gasteiger partial charge in [0, 0.05) is 17.7 Å². The molecule has 118 valence electrons. The zero-order valence-corrected chi connectivity index (χ0v) is 13.8. The summed E-state index contributed by atoms with van der Waals surface area (Å²) in [5, 5.41) is 8.74. The van der Waals surface area contributed by atoms with Crippen LogP contribution in [0.4, 0.5) is 0 Å². The van der Waals surface area contributed by atoms with Crippen molar-refractivity contribution in [1.82, 2.24) is 0 Å². The van der Waals surface area contributed by atoms with Crippen molar-refractivity contribution in [2.75, 3.05) is 13.2 Å². The number of rotatable bonds is 2. The highest BCUT2D eigenvalue weighted by Gasteiger charge is 2.21. The zero-order valence-electron chi connectivity index (χ0n) is 12.2. The molecule has 0 radical (unpaired) electrons. The Bertz CT molecular complexity index is 347. The second-order valence-corrected chi connectivity index (χ2v) is 6.12. The predicted molar refractivity (Wildman–Crippen MR) is 84.1 cm³/mol. The monoisotopic (exact) mass is 358 g/mol. The average Bonchev–Trinajstić information content (AvgIpc) is 2.53. The summed E-state index contributed by atoms with van der Waals surface area (Å²) >= 11 is 3.23. The largest absolute Gasteiger partial charge is 0.508 e. The summed E-state index contributed by atoms with van der Waals surface area (Å²) in [5.74, 6) is 0.299. The van der Waals surface area contributed by atoms with E-state index in [1.807, 2.05) is 0 Å². The minimum absolute atomic E-state index is 0.00292. The molecule has 0 saturated carbocycles. The lowest BCUT2D eigenvalue weighted by atomic mass is 10.2. The van der Waals surface area contributed by atoms with Gasteiger partial charge in [0.1, 0.15) is 5.75 Å².